The monoisotopic (exact) mass is 656 g/mol. The molecule has 0 spiro atoms. The van der Waals surface area contributed by atoms with Gasteiger partial charge >= 0.3 is 0 Å². The van der Waals surface area contributed by atoms with Crippen LogP contribution in [-0.4, -0.2) is 60.3 Å². The molecule has 3 N–H and O–H groups in total. The van der Waals surface area contributed by atoms with Gasteiger partial charge in [0.15, 0.2) is 17.1 Å². The number of rotatable bonds is 13. The SMILES string of the molecule is CC[C@H](C)[C@@H](Nc1ccc2c(cc1=O)[C@H](NC(C)=O)CCc1cc(OC)c(OC)c(OC)c1-2)C(=O)NCCCc1nnc2ccccn12. The zero-order valence-electron chi connectivity index (χ0n) is 28.4. The fraction of sp³-hybridized carbons (Fsp3) is 0.417. The molecular formula is C36H44N6O6. The number of ether oxygens (including phenoxy) is 3. The highest BCUT2D eigenvalue weighted by Gasteiger charge is 2.30. The predicted molar refractivity (Wildman–Crippen MR) is 184 cm³/mol. The molecule has 12 nitrogen and oxygen atoms in total. The highest BCUT2D eigenvalue weighted by molar-refractivity contribution is 5.86. The van der Waals surface area contributed by atoms with Crippen molar-refractivity contribution in [2.75, 3.05) is 33.2 Å². The summed E-state index contributed by atoms with van der Waals surface area (Å²) in [7, 11) is 4.68. The number of methoxy groups -OCH3 is 3. The summed E-state index contributed by atoms with van der Waals surface area (Å²) in [6, 6.07) is 11.7. The van der Waals surface area contributed by atoms with Crippen molar-refractivity contribution >= 4 is 23.1 Å². The van der Waals surface area contributed by atoms with E-state index in [2.05, 4.69) is 26.1 Å². The van der Waals surface area contributed by atoms with Crippen LogP contribution < -0.4 is 35.6 Å². The fourth-order valence-corrected chi connectivity index (χ4v) is 6.33. The largest absolute Gasteiger partial charge is 0.493 e. The second kappa shape index (κ2) is 15.2. The lowest BCUT2D eigenvalue weighted by molar-refractivity contribution is -0.123. The van der Waals surface area contributed by atoms with Crippen LogP contribution in [0.15, 0.2) is 53.5 Å². The first kappa shape index (κ1) is 34.2. The molecule has 12 heteroatoms. The van der Waals surface area contributed by atoms with E-state index in [4.69, 9.17) is 14.2 Å². The molecule has 0 radical (unpaired) electrons. The summed E-state index contributed by atoms with van der Waals surface area (Å²) in [4.78, 5) is 39.8. The Labute approximate surface area is 280 Å². The summed E-state index contributed by atoms with van der Waals surface area (Å²) in [5, 5.41) is 17.8. The van der Waals surface area contributed by atoms with Crippen molar-refractivity contribution in [1.82, 2.24) is 25.2 Å². The summed E-state index contributed by atoms with van der Waals surface area (Å²) < 4.78 is 19.1. The van der Waals surface area contributed by atoms with E-state index in [1.165, 1.54) is 6.92 Å². The molecule has 0 saturated heterocycles. The molecule has 0 unspecified atom stereocenters. The van der Waals surface area contributed by atoms with Crippen LogP contribution in [0.3, 0.4) is 0 Å². The number of nitrogens with one attached hydrogen (secondary N) is 3. The van der Waals surface area contributed by atoms with Gasteiger partial charge in [0.25, 0.3) is 0 Å². The number of pyridine rings is 1. The second-order valence-corrected chi connectivity index (χ2v) is 12.0. The maximum absolute atomic E-state index is 13.9. The lowest BCUT2D eigenvalue weighted by Gasteiger charge is -2.24. The molecule has 2 aromatic heterocycles. The Morgan fingerprint density at radius 2 is 1.83 bits per heavy atom. The van der Waals surface area contributed by atoms with Crippen molar-refractivity contribution < 1.29 is 23.8 Å². The predicted octanol–water partition coefficient (Wildman–Crippen LogP) is 4.48. The van der Waals surface area contributed by atoms with Gasteiger partial charge in [-0.15, -0.1) is 10.2 Å². The summed E-state index contributed by atoms with van der Waals surface area (Å²) in [6.07, 6.45) is 5.11. The van der Waals surface area contributed by atoms with Crippen molar-refractivity contribution in [3.05, 3.63) is 75.8 Å². The van der Waals surface area contributed by atoms with E-state index in [-0.39, 0.29) is 28.8 Å². The minimum atomic E-state index is -0.656. The number of anilines is 1. The third kappa shape index (κ3) is 7.07. The maximum atomic E-state index is 13.9. The maximum Gasteiger partial charge on any atom is 0.242 e. The molecule has 0 saturated carbocycles. The third-order valence-corrected chi connectivity index (χ3v) is 8.98. The van der Waals surface area contributed by atoms with Crippen molar-refractivity contribution in [2.45, 2.75) is 65.0 Å². The molecule has 0 fully saturated rings. The van der Waals surface area contributed by atoms with Crippen molar-refractivity contribution in [3.8, 4) is 28.4 Å². The van der Waals surface area contributed by atoms with Gasteiger partial charge in [0.1, 0.15) is 11.9 Å². The molecule has 1 aliphatic carbocycles. The quantitative estimate of drug-likeness (QED) is 0.177. The number of hydrogen-bond donors (Lipinski definition) is 3. The number of aryl methyl sites for hydroxylation is 2. The Hall–Kier alpha value is -5.13. The van der Waals surface area contributed by atoms with Crippen molar-refractivity contribution in [1.29, 1.82) is 0 Å². The van der Waals surface area contributed by atoms with Gasteiger partial charge in [-0.3, -0.25) is 18.8 Å². The van der Waals surface area contributed by atoms with E-state index in [0.717, 1.165) is 34.6 Å². The smallest absolute Gasteiger partial charge is 0.242 e. The summed E-state index contributed by atoms with van der Waals surface area (Å²) in [5.41, 5.74) is 3.82. The number of benzene rings is 1. The number of aromatic nitrogens is 3. The van der Waals surface area contributed by atoms with Gasteiger partial charge in [0.2, 0.25) is 23.0 Å². The van der Waals surface area contributed by atoms with Crippen molar-refractivity contribution in [2.24, 2.45) is 5.92 Å². The molecule has 5 rings (SSSR count). The minimum Gasteiger partial charge on any atom is -0.493 e. The molecule has 2 heterocycles. The van der Waals surface area contributed by atoms with Crippen LogP contribution in [0.25, 0.3) is 16.8 Å². The van der Waals surface area contributed by atoms with Crippen LogP contribution in [0, 0.1) is 5.92 Å². The van der Waals surface area contributed by atoms with Crippen molar-refractivity contribution in [3.63, 3.8) is 0 Å². The van der Waals surface area contributed by atoms with E-state index >= 15 is 0 Å². The lowest BCUT2D eigenvalue weighted by atomic mass is 9.95. The van der Waals surface area contributed by atoms with E-state index in [0.29, 0.717) is 55.0 Å². The average molecular weight is 657 g/mol. The average Bonchev–Trinajstić information content (AvgIpc) is 3.36. The van der Waals surface area contributed by atoms with Gasteiger partial charge in [-0.05, 0) is 72.2 Å². The topological polar surface area (TPSA) is 145 Å². The summed E-state index contributed by atoms with van der Waals surface area (Å²) in [5.74, 6) is 1.79. The Morgan fingerprint density at radius 1 is 1.04 bits per heavy atom. The zero-order valence-corrected chi connectivity index (χ0v) is 28.4. The Bertz CT molecular complexity index is 1860. The Morgan fingerprint density at radius 3 is 2.54 bits per heavy atom. The van der Waals surface area contributed by atoms with E-state index < -0.39 is 12.1 Å². The molecule has 0 aliphatic heterocycles. The first-order valence-electron chi connectivity index (χ1n) is 16.3. The highest BCUT2D eigenvalue weighted by Crippen LogP contribution is 2.50. The highest BCUT2D eigenvalue weighted by atomic mass is 16.5. The fourth-order valence-electron chi connectivity index (χ4n) is 6.33. The number of carbonyl (C=O) groups is 2. The van der Waals surface area contributed by atoms with Gasteiger partial charge in [0, 0.05) is 31.6 Å². The number of nitrogens with zero attached hydrogens (tertiary/aromatic N) is 3. The minimum absolute atomic E-state index is 0.0714. The molecular weight excluding hydrogens is 612 g/mol. The second-order valence-electron chi connectivity index (χ2n) is 12.0. The molecule has 48 heavy (non-hydrogen) atoms. The molecule has 3 atom stereocenters. The van der Waals surface area contributed by atoms with Gasteiger partial charge in [-0.25, -0.2) is 0 Å². The van der Waals surface area contributed by atoms with Gasteiger partial charge in [-0.1, -0.05) is 32.4 Å². The molecule has 2 aromatic carbocycles. The number of hydrogen-bond acceptors (Lipinski definition) is 9. The Balaban J connectivity index is 1.45. The van der Waals surface area contributed by atoms with Crippen LogP contribution in [0.5, 0.6) is 17.2 Å². The number of amides is 2. The first-order chi connectivity index (χ1) is 23.2. The molecule has 254 valence electrons. The van der Waals surface area contributed by atoms with Crippen LogP contribution in [0.4, 0.5) is 5.69 Å². The van der Waals surface area contributed by atoms with Gasteiger partial charge < -0.3 is 30.2 Å². The summed E-state index contributed by atoms with van der Waals surface area (Å²) in [6.45, 7) is 5.89. The van der Waals surface area contributed by atoms with Crippen LogP contribution >= 0.6 is 0 Å². The van der Waals surface area contributed by atoms with Gasteiger partial charge in [0.05, 0.1) is 33.1 Å². The molecule has 2 amide bonds. The van der Waals surface area contributed by atoms with Crippen LogP contribution in [0.2, 0.25) is 0 Å². The summed E-state index contributed by atoms with van der Waals surface area (Å²) >= 11 is 0. The van der Waals surface area contributed by atoms with E-state index in [1.807, 2.05) is 54.8 Å². The molecule has 1 aliphatic rings. The van der Waals surface area contributed by atoms with Gasteiger partial charge in [-0.2, -0.15) is 0 Å². The standard InChI is InChI=1S/C36H44N6O6/c1-7-21(2)33(36(45)37-17-10-12-31-41-40-30-11-8-9-18-42(30)31)39-27-16-14-24-25(20-28(27)44)26(38-22(3)43)15-13-23-19-29(46-4)34(47-5)35(48-6)32(23)24/h8-9,11,14,16,18-21,26,33H,7,10,12-13,15,17H2,1-6H3,(H,37,45)(H,38,43)(H,39,44)/t21-,26+,33+/m0/s1. The third-order valence-electron chi connectivity index (χ3n) is 8.98. The van der Waals surface area contributed by atoms with Crippen LogP contribution in [0.1, 0.15) is 63.0 Å². The number of carbonyl (C=O) groups excluding carboxylic acids is 2. The number of fused-ring (bicyclic) bond motifs is 4. The van der Waals surface area contributed by atoms with Crippen LogP contribution in [-0.2, 0) is 22.4 Å². The van der Waals surface area contributed by atoms with E-state index in [9.17, 15) is 14.4 Å². The zero-order chi connectivity index (χ0) is 34.4. The lowest BCUT2D eigenvalue weighted by Crippen LogP contribution is -2.44. The Kier molecular flexibility index (Phi) is 10.8. The molecule has 0 bridgehead atoms. The van der Waals surface area contributed by atoms with E-state index in [1.54, 1.807) is 33.5 Å². The normalized spacial score (nSPS) is 14.9. The molecule has 4 aromatic rings. The first-order valence-corrected chi connectivity index (χ1v) is 16.3.